The van der Waals surface area contributed by atoms with Crippen LogP contribution in [0.2, 0.25) is 5.02 Å². The standard InChI is InChI=1S/C38H47ClN2O4/c1-24(2)45-31-12-11-27-20-28(19-25(3)23-44-34-13-18-40-33-10-5-7-26(4)35(33)34)37(32(27)22-31)14-16-38(17-15-37,36(42)43)41-30-9-6-8-29(39)21-30/h6,8-9,11-13,18,21-22,24-26,28,41H,5,7,10,14-17,19-20,23H2,1-4H3,(H,42,43)/t25-,26-,28?,37?,38?/m1/s1. The molecule has 1 aromatic heterocycles. The van der Waals surface area contributed by atoms with Crippen LogP contribution in [0.15, 0.2) is 54.7 Å². The minimum Gasteiger partial charge on any atom is -0.493 e. The topological polar surface area (TPSA) is 80.7 Å². The number of nitrogens with zero attached hydrogens (tertiary/aromatic N) is 1. The van der Waals surface area contributed by atoms with Crippen LogP contribution < -0.4 is 14.8 Å². The van der Waals surface area contributed by atoms with E-state index in [2.05, 4.69) is 56.2 Å². The third kappa shape index (κ3) is 6.40. The van der Waals surface area contributed by atoms with Crippen molar-refractivity contribution in [1.82, 2.24) is 4.98 Å². The van der Waals surface area contributed by atoms with Gasteiger partial charge in [0.25, 0.3) is 0 Å². The molecule has 1 fully saturated rings. The molecule has 45 heavy (non-hydrogen) atoms. The summed E-state index contributed by atoms with van der Waals surface area (Å²) in [7, 11) is 0. The van der Waals surface area contributed by atoms with Crippen LogP contribution in [0.25, 0.3) is 0 Å². The lowest BCUT2D eigenvalue weighted by atomic mass is 9.59. The number of aromatic nitrogens is 1. The predicted molar refractivity (Wildman–Crippen MR) is 180 cm³/mol. The second-order valence-corrected chi connectivity index (χ2v) is 14.6. The Morgan fingerprint density at radius 3 is 2.64 bits per heavy atom. The van der Waals surface area contributed by atoms with Gasteiger partial charge in [-0.3, -0.25) is 4.98 Å². The predicted octanol–water partition coefficient (Wildman–Crippen LogP) is 8.99. The number of hydrogen-bond acceptors (Lipinski definition) is 5. The smallest absolute Gasteiger partial charge is 0.329 e. The summed E-state index contributed by atoms with van der Waals surface area (Å²) in [4.78, 5) is 17.5. The van der Waals surface area contributed by atoms with Crippen molar-refractivity contribution in [2.45, 2.75) is 108 Å². The molecule has 3 aromatic rings. The highest BCUT2D eigenvalue weighted by atomic mass is 35.5. The molecule has 1 heterocycles. The number of ether oxygens (including phenoxy) is 2. The first-order valence-corrected chi connectivity index (χ1v) is 17.1. The number of rotatable bonds is 10. The molecule has 1 spiro atoms. The van der Waals surface area contributed by atoms with E-state index >= 15 is 0 Å². The van der Waals surface area contributed by atoms with Crippen LogP contribution in [-0.4, -0.2) is 34.3 Å². The molecule has 0 radical (unpaired) electrons. The summed E-state index contributed by atoms with van der Waals surface area (Å²) in [5.41, 5.74) is 4.79. The number of anilines is 1. The molecule has 7 heteroatoms. The third-order valence-corrected chi connectivity index (χ3v) is 10.9. The van der Waals surface area contributed by atoms with Gasteiger partial charge in [-0.15, -0.1) is 0 Å². The van der Waals surface area contributed by atoms with E-state index in [0.717, 1.165) is 49.3 Å². The Labute approximate surface area is 272 Å². The van der Waals surface area contributed by atoms with Crippen molar-refractivity contribution in [3.05, 3.63) is 82.1 Å². The van der Waals surface area contributed by atoms with E-state index in [1.807, 2.05) is 36.5 Å². The molecule has 0 aliphatic heterocycles. The number of aryl methyl sites for hydroxylation is 1. The summed E-state index contributed by atoms with van der Waals surface area (Å²) in [6.45, 7) is 9.35. The van der Waals surface area contributed by atoms with Gasteiger partial charge in [0, 0.05) is 28.2 Å². The molecule has 6 rings (SSSR count). The Morgan fingerprint density at radius 1 is 1.11 bits per heavy atom. The summed E-state index contributed by atoms with van der Waals surface area (Å²) in [6, 6.07) is 16.0. The maximum Gasteiger partial charge on any atom is 0.329 e. The average molecular weight is 631 g/mol. The van der Waals surface area contributed by atoms with Crippen molar-refractivity contribution in [3.63, 3.8) is 0 Å². The molecule has 3 aliphatic carbocycles. The second-order valence-electron chi connectivity index (χ2n) is 14.2. The first-order valence-electron chi connectivity index (χ1n) is 16.8. The highest BCUT2D eigenvalue weighted by Crippen LogP contribution is 2.57. The van der Waals surface area contributed by atoms with Crippen LogP contribution in [0.3, 0.4) is 0 Å². The minimum absolute atomic E-state index is 0.0860. The number of hydrogen-bond donors (Lipinski definition) is 2. The molecule has 3 aliphatic rings. The van der Waals surface area contributed by atoms with Crippen molar-refractivity contribution < 1.29 is 19.4 Å². The van der Waals surface area contributed by atoms with E-state index in [4.69, 9.17) is 21.1 Å². The van der Waals surface area contributed by atoms with Gasteiger partial charge < -0.3 is 19.9 Å². The number of carboxylic acids is 1. The van der Waals surface area contributed by atoms with Gasteiger partial charge in [-0.05, 0) is 142 Å². The van der Waals surface area contributed by atoms with Gasteiger partial charge >= 0.3 is 5.97 Å². The van der Waals surface area contributed by atoms with Crippen molar-refractivity contribution >= 4 is 23.3 Å². The third-order valence-electron chi connectivity index (χ3n) is 10.6. The molecular weight excluding hydrogens is 584 g/mol. The van der Waals surface area contributed by atoms with E-state index in [1.54, 1.807) is 0 Å². The number of fused-ring (bicyclic) bond motifs is 3. The van der Waals surface area contributed by atoms with Gasteiger partial charge in [-0.1, -0.05) is 37.6 Å². The molecule has 0 saturated heterocycles. The van der Waals surface area contributed by atoms with Crippen molar-refractivity contribution in [2.75, 3.05) is 11.9 Å². The SMILES string of the molecule is CC(C)Oc1ccc2c(c1)C1(CCC(Nc3cccc(Cl)c3)(C(=O)O)CC1)C(C[C@@H](C)COc1ccnc3c1[C@H](C)CCC3)C2. The molecular formula is C38H47ClN2O4. The lowest BCUT2D eigenvalue weighted by molar-refractivity contribution is -0.144. The van der Waals surface area contributed by atoms with Crippen LogP contribution >= 0.6 is 11.6 Å². The Hall–Kier alpha value is -3.25. The average Bonchev–Trinajstić information content (AvgIpc) is 3.28. The molecule has 6 nitrogen and oxygen atoms in total. The molecule has 1 unspecified atom stereocenters. The monoisotopic (exact) mass is 630 g/mol. The molecule has 1 saturated carbocycles. The van der Waals surface area contributed by atoms with Gasteiger partial charge in [-0.25, -0.2) is 4.79 Å². The Balaban J connectivity index is 1.24. The van der Waals surface area contributed by atoms with Crippen molar-refractivity contribution in [3.8, 4) is 11.5 Å². The van der Waals surface area contributed by atoms with Crippen LogP contribution in [-0.2, 0) is 23.1 Å². The van der Waals surface area contributed by atoms with Crippen LogP contribution in [0, 0.1) is 11.8 Å². The molecule has 2 aromatic carbocycles. The fourth-order valence-electron chi connectivity index (χ4n) is 8.42. The van der Waals surface area contributed by atoms with Crippen LogP contribution in [0.5, 0.6) is 11.5 Å². The first kappa shape index (κ1) is 31.7. The fourth-order valence-corrected chi connectivity index (χ4v) is 8.61. The van der Waals surface area contributed by atoms with Crippen LogP contribution in [0.4, 0.5) is 5.69 Å². The largest absolute Gasteiger partial charge is 0.493 e. The number of carbonyl (C=O) groups is 1. The Morgan fingerprint density at radius 2 is 1.91 bits per heavy atom. The normalized spacial score (nSPS) is 26.3. The molecule has 3 atom stereocenters. The van der Waals surface area contributed by atoms with Crippen LogP contribution in [0.1, 0.15) is 101 Å². The maximum absolute atomic E-state index is 12.9. The highest BCUT2D eigenvalue weighted by Gasteiger charge is 2.54. The van der Waals surface area contributed by atoms with Gasteiger partial charge in [0.05, 0.1) is 12.7 Å². The minimum atomic E-state index is -1.04. The second kappa shape index (κ2) is 12.9. The van der Waals surface area contributed by atoms with E-state index in [1.165, 1.54) is 35.2 Å². The van der Waals surface area contributed by atoms with Gasteiger partial charge in [-0.2, -0.15) is 0 Å². The number of aliphatic carboxylic acids is 1. The number of pyridine rings is 1. The van der Waals surface area contributed by atoms with E-state index in [0.29, 0.717) is 42.2 Å². The van der Waals surface area contributed by atoms with Gasteiger partial charge in [0.1, 0.15) is 17.0 Å². The van der Waals surface area contributed by atoms with E-state index < -0.39 is 11.5 Å². The fraction of sp³-hybridized carbons (Fsp3) is 0.526. The quantitative estimate of drug-likeness (QED) is 0.233. The lowest BCUT2D eigenvalue weighted by Gasteiger charge is -2.47. The Kier molecular flexibility index (Phi) is 9.07. The number of halogens is 1. The zero-order chi connectivity index (χ0) is 31.8. The number of benzene rings is 2. The van der Waals surface area contributed by atoms with Gasteiger partial charge in [0.2, 0.25) is 0 Å². The summed E-state index contributed by atoms with van der Waals surface area (Å²) in [6.07, 6.45) is 10.0. The summed E-state index contributed by atoms with van der Waals surface area (Å²) in [5.74, 6) is 2.29. The molecule has 2 N–H and O–H groups in total. The van der Waals surface area contributed by atoms with Gasteiger partial charge in [0.15, 0.2) is 0 Å². The summed E-state index contributed by atoms with van der Waals surface area (Å²) in [5, 5.41) is 14.5. The molecule has 240 valence electrons. The van der Waals surface area contributed by atoms with E-state index in [9.17, 15) is 9.90 Å². The van der Waals surface area contributed by atoms with E-state index in [-0.39, 0.29) is 11.5 Å². The molecule has 0 amide bonds. The zero-order valence-corrected chi connectivity index (χ0v) is 27.8. The first-order chi connectivity index (χ1) is 21.6. The van der Waals surface area contributed by atoms with Crippen molar-refractivity contribution in [1.29, 1.82) is 0 Å². The lowest BCUT2D eigenvalue weighted by Crippen LogP contribution is -2.53. The number of nitrogens with one attached hydrogen (secondary N) is 1. The Bertz CT molecular complexity index is 1530. The molecule has 0 bridgehead atoms. The number of carboxylic acid groups (broad SMARTS) is 1. The summed E-state index contributed by atoms with van der Waals surface area (Å²) < 4.78 is 12.7. The van der Waals surface area contributed by atoms with Crippen molar-refractivity contribution in [2.24, 2.45) is 11.8 Å². The highest BCUT2D eigenvalue weighted by molar-refractivity contribution is 6.30. The maximum atomic E-state index is 12.9. The zero-order valence-electron chi connectivity index (χ0n) is 27.1. The summed E-state index contributed by atoms with van der Waals surface area (Å²) >= 11 is 6.25.